The van der Waals surface area contributed by atoms with Crippen molar-refractivity contribution < 1.29 is 4.74 Å². The van der Waals surface area contributed by atoms with Crippen LogP contribution in [0.3, 0.4) is 0 Å². The highest BCUT2D eigenvalue weighted by Crippen LogP contribution is 2.26. The molecule has 0 radical (unpaired) electrons. The van der Waals surface area contributed by atoms with Gasteiger partial charge in [0.15, 0.2) is 0 Å². The zero-order valence-electron chi connectivity index (χ0n) is 9.93. The van der Waals surface area contributed by atoms with Gasteiger partial charge in [-0.1, -0.05) is 0 Å². The molecule has 1 atom stereocenters. The molecule has 2 heterocycles. The molecule has 0 bridgehead atoms. The smallest absolute Gasteiger partial charge is 0.0781 e. The minimum Gasteiger partial charge on any atom is -0.374 e. The highest BCUT2D eigenvalue weighted by atomic mass is 16.5. The van der Waals surface area contributed by atoms with Crippen LogP contribution in [0.2, 0.25) is 0 Å². The van der Waals surface area contributed by atoms with E-state index in [-0.39, 0.29) is 5.60 Å². The van der Waals surface area contributed by atoms with Crippen LogP contribution in [0.4, 0.5) is 0 Å². The largest absolute Gasteiger partial charge is 0.374 e. The topological polar surface area (TPSA) is 24.5 Å². The van der Waals surface area contributed by atoms with Gasteiger partial charge in [0, 0.05) is 13.2 Å². The summed E-state index contributed by atoms with van der Waals surface area (Å²) in [5.74, 6) is 0. The minimum atomic E-state index is 0.145. The molecule has 0 aromatic heterocycles. The Hall–Kier alpha value is -0.120. The lowest BCUT2D eigenvalue weighted by Crippen LogP contribution is -2.43. The van der Waals surface area contributed by atoms with Crippen LogP contribution in [0.15, 0.2) is 0 Å². The first-order valence-electron chi connectivity index (χ1n) is 6.36. The average molecular weight is 212 g/mol. The molecular weight excluding hydrogens is 188 g/mol. The number of rotatable bonds is 2. The summed E-state index contributed by atoms with van der Waals surface area (Å²) in [6.07, 6.45) is 5.03. The molecule has 0 amide bonds. The Labute approximate surface area is 93.2 Å². The Balaban J connectivity index is 1.80. The van der Waals surface area contributed by atoms with Crippen molar-refractivity contribution in [3.05, 3.63) is 0 Å². The van der Waals surface area contributed by atoms with E-state index in [9.17, 15) is 0 Å². The first-order chi connectivity index (χ1) is 7.29. The highest BCUT2D eigenvalue weighted by molar-refractivity contribution is 4.84. The fraction of sp³-hybridized carbons (Fsp3) is 1.00. The molecule has 3 nitrogen and oxygen atoms in total. The van der Waals surface area contributed by atoms with Crippen LogP contribution < -0.4 is 5.32 Å². The van der Waals surface area contributed by atoms with Gasteiger partial charge in [0.1, 0.15) is 0 Å². The van der Waals surface area contributed by atoms with E-state index in [1.165, 1.54) is 51.9 Å². The normalized spacial score (nSPS) is 35.0. The predicted molar refractivity (Wildman–Crippen MR) is 62.1 cm³/mol. The molecule has 0 aromatic carbocycles. The van der Waals surface area contributed by atoms with Gasteiger partial charge in [0.2, 0.25) is 0 Å². The van der Waals surface area contributed by atoms with Gasteiger partial charge in [-0.15, -0.1) is 0 Å². The minimum absolute atomic E-state index is 0.145. The first kappa shape index (κ1) is 11.4. The molecule has 88 valence electrons. The van der Waals surface area contributed by atoms with E-state index in [2.05, 4.69) is 17.1 Å². The van der Waals surface area contributed by atoms with Crippen molar-refractivity contribution in [2.75, 3.05) is 39.3 Å². The fourth-order valence-corrected chi connectivity index (χ4v) is 2.68. The predicted octanol–water partition coefficient (Wildman–Crippen LogP) is 1.24. The summed E-state index contributed by atoms with van der Waals surface area (Å²) in [5, 5.41) is 3.45. The average Bonchev–Trinajstić information content (AvgIpc) is 2.57. The van der Waals surface area contributed by atoms with Crippen molar-refractivity contribution in [1.29, 1.82) is 0 Å². The van der Waals surface area contributed by atoms with E-state index < -0.39 is 0 Å². The van der Waals surface area contributed by atoms with E-state index in [1.54, 1.807) is 0 Å². The van der Waals surface area contributed by atoms with Gasteiger partial charge in [-0.2, -0.15) is 0 Å². The number of hydrogen-bond acceptors (Lipinski definition) is 3. The first-order valence-corrected chi connectivity index (χ1v) is 6.36. The molecule has 0 spiro atoms. The Morgan fingerprint density at radius 3 is 2.53 bits per heavy atom. The van der Waals surface area contributed by atoms with Crippen molar-refractivity contribution >= 4 is 0 Å². The lowest BCUT2D eigenvalue weighted by atomic mass is 10.0. The quantitative estimate of drug-likeness (QED) is 0.745. The standard InChI is InChI=1S/C12H24N2O/c1-12(5-2-10-15-12)11-14-8-3-6-13-7-4-9-14/h13H,2-11H2,1H3. The zero-order valence-corrected chi connectivity index (χ0v) is 9.93. The molecule has 0 saturated carbocycles. The molecule has 0 aromatic rings. The van der Waals surface area contributed by atoms with Gasteiger partial charge in [-0.05, 0) is 58.8 Å². The van der Waals surface area contributed by atoms with Crippen molar-refractivity contribution in [3.63, 3.8) is 0 Å². The maximum Gasteiger partial charge on any atom is 0.0781 e. The Kier molecular flexibility index (Phi) is 4.00. The van der Waals surface area contributed by atoms with Gasteiger partial charge < -0.3 is 15.0 Å². The van der Waals surface area contributed by atoms with Crippen molar-refractivity contribution in [1.82, 2.24) is 10.2 Å². The Morgan fingerprint density at radius 2 is 1.93 bits per heavy atom. The summed E-state index contributed by atoms with van der Waals surface area (Å²) in [4.78, 5) is 2.59. The van der Waals surface area contributed by atoms with Crippen LogP contribution >= 0.6 is 0 Å². The van der Waals surface area contributed by atoms with Gasteiger partial charge in [0.25, 0.3) is 0 Å². The summed E-state index contributed by atoms with van der Waals surface area (Å²) in [5.41, 5.74) is 0.145. The van der Waals surface area contributed by atoms with Crippen LogP contribution in [-0.2, 0) is 4.74 Å². The second-order valence-electron chi connectivity index (χ2n) is 5.14. The second-order valence-corrected chi connectivity index (χ2v) is 5.14. The maximum atomic E-state index is 5.86. The molecule has 1 unspecified atom stereocenters. The number of hydrogen-bond donors (Lipinski definition) is 1. The van der Waals surface area contributed by atoms with Crippen molar-refractivity contribution in [3.8, 4) is 0 Å². The van der Waals surface area contributed by atoms with Gasteiger partial charge >= 0.3 is 0 Å². The van der Waals surface area contributed by atoms with E-state index >= 15 is 0 Å². The molecule has 2 aliphatic rings. The number of ether oxygens (including phenoxy) is 1. The van der Waals surface area contributed by atoms with Crippen LogP contribution in [0, 0.1) is 0 Å². The molecule has 3 heteroatoms. The van der Waals surface area contributed by atoms with Crippen molar-refractivity contribution in [2.45, 2.75) is 38.2 Å². The third-order valence-corrected chi connectivity index (χ3v) is 3.51. The molecule has 0 aliphatic carbocycles. The molecule has 2 rings (SSSR count). The molecule has 2 saturated heterocycles. The van der Waals surface area contributed by atoms with Crippen LogP contribution in [0.1, 0.15) is 32.6 Å². The summed E-state index contributed by atoms with van der Waals surface area (Å²) in [7, 11) is 0. The summed E-state index contributed by atoms with van der Waals surface area (Å²) in [6, 6.07) is 0. The molecule has 1 N–H and O–H groups in total. The summed E-state index contributed by atoms with van der Waals surface area (Å²) in [6.45, 7) is 9.18. The number of nitrogens with zero attached hydrogens (tertiary/aromatic N) is 1. The van der Waals surface area contributed by atoms with Crippen LogP contribution in [0.25, 0.3) is 0 Å². The third-order valence-electron chi connectivity index (χ3n) is 3.51. The van der Waals surface area contributed by atoms with Gasteiger partial charge in [-0.25, -0.2) is 0 Å². The van der Waals surface area contributed by atoms with Gasteiger partial charge in [-0.3, -0.25) is 0 Å². The lowest BCUT2D eigenvalue weighted by Gasteiger charge is -2.33. The van der Waals surface area contributed by atoms with E-state index in [4.69, 9.17) is 4.74 Å². The van der Waals surface area contributed by atoms with E-state index in [1.807, 2.05) is 0 Å². The van der Waals surface area contributed by atoms with E-state index in [0.29, 0.717) is 0 Å². The number of nitrogens with one attached hydrogen (secondary N) is 1. The van der Waals surface area contributed by atoms with Crippen molar-refractivity contribution in [2.24, 2.45) is 0 Å². The van der Waals surface area contributed by atoms with Crippen LogP contribution in [-0.4, -0.2) is 49.8 Å². The molecule has 2 fully saturated rings. The van der Waals surface area contributed by atoms with Gasteiger partial charge in [0.05, 0.1) is 5.60 Å². The summed E-state index contributed by atoms with van der Waals surface area (Å²) >= 11 is 0. The molecule has 2 aliphatic heterocycles. The molecular formula is C12H24N2O. The third kappa shape index (κ3) is 3.44. The fourth-order valence-electron chi connectivity index (χ4n) is 2.68. The summed E-state index contributed by atoms with van der Waals surface area (Å²) < 4.78 is 5.86. The highest BCUT2D eigenvalue weighted by Gasteiger charge is 2.31. The Morgan fingerprint density at radius 1 is 1.20 bits per heavy atom. The zero-order chi connectivity index (χ0) is 10.6. The van der Waals surface area contributed by atoms with Crippen LogP contribution in [0.5, 0.6) is 0 Å². The maximum absolute atomic E-state index is 5.86. The lowest BCUT2D eigenvalue weighted by molar-refractivity contribution is -0.00994. The van der Waals surface area contributed by atoms with E-state index in [0.717, 1.165) is 13.2 Å². The molecule has 15 heavy (non-hydrogen) atoms. The Bertz CT molecular complexity index is 182. The SMILES string of the molecule is CC1(CN2CCCNCCC2)CCCO1. The second kappa shape index (κ2) is 5.28. The monoisotopic (exact) mass is 212 g/mol.